The van der Waals surface area contributed by atoms with Crippen LogP contribution in [-0.2, 0) is 11.3 Å². The van der Waals surface area contributed by atoms with Crippen molar-refractivity contribution in [1.29, 1.82) is 0 Å². The van der Waals surface area contributed by atoms with E-state index in [1.54, 1.807) is 18.3 Å². The van der Waals surface area contributed by atoms with E-state index in [0.717, 1.165) is 11.3 Å². The summed E-state index contributed by atoms with van der Waals surface area (Å²) in [4.78, 5) is 15.5. The van der Waals surface area contributed by atoms with Crippen molar-refractivity contribution in [1.82, 2.24) is 4.98 Å². The van der Waals surface area contributed by atoms with Crippen molar-refractivity contribution < 1.29 is 14.3 Å². The van der Waals surface area contributed by atoms with Gasteiger partial charge in [-0.1, -0.05) is 12.1 Å². The number of pyridine rings is 1. The summed E-state index contributed by atoms with van der Waals surface area (Å²) in [5.41, 5.74) is 2.43. The van der Waals surface area contributed by atoms with E-state index < -0.39 is 0 Å². The first kappa shape index (κ1) is 14.8. The molecule has 0 fully saturated rings. The Morgan fingerprint density at radius 1 is 1.24 bits per heavy atom. The van der Waals surface area contributed by atoms with E-state index in [-0.39, 0.29) is 5.97 Å². The molecule has 0 radical (unpaired) electrons. The molecular weight excluding hydrogens is 268 g/mol. The van der Waals surface area contributed by atoms with E-state index >= 15 is 0 Å². The van der Waals surface area contributed by atoms with Crippen LogP contribution in [0.1, 0.15) is 22.8 Å². The van der Waals surface area contributed by atoms with E-state index in [9.17, 15) is 4.79 Å². The summed E-state index contributed by atoms with van der Waals surface area (Å²) in [6, 6.07) is 11.0. The van der Waals surface area contributed by atoms with E-state index in [4.69, 9.17) is 4.74 Å². The molecule has 2 rings (SSSR count). The van der Waals surface area contributed by atoms with Crippen molar-refractivity contribution in [3.8, 4) is 5.88 Å². The normalized spacial score (nSPS) is 10.0. The fourth-order valence-corrected chi connectivity index (χ4v) is 1.85. The third-order valence-corrected chi connectivity index (χ3v) is 2.91. The molecule has 5 nitrogen and oxygen atoms in total. The highest BCUT2D eigenvalue weighted by molar-refractivity contribution is 5.89. The average molecular weight is 286 g/mol. The van der Waals surface area contributed by atoms with Gasteiger partial charge >= 0.3 is 5.97 Å². The summed E-state index contributed by atoms with van der Waals surface area (Å²) >= 11 is 0. The number of ether oxygens (including phenoxy) is 2. The molecule has 0 unspecified atom stereocenters. The van der Waals surface area contributed by atoms with Gasteiger partial charge in [-0.2, -0.15) is 0 Å². The molecule has 0 bridgehead atoms. The van der Waals surface area contributed by atoms with E-state index in [1.165, 1.54) is 7.11 Å². The monoisotopic (exact) mass is 286 g/mol. The van der Waals surface area contributed by atoms with Gasteiger partial charge in [0.25, 0.3) is 0 Å². The second-order valence-corrected chi connectivity index (χ2v) is 4.33. The molecule has 2 aromatic rings. The first-order valence-electron chi connectivity index (χ1n) is 6.73. The van der Waals surface area contributed by atoms with Gasteiger partial charge in [-0.25, -0.2) is 9.78 Å². The summed E-state index contributed by atoms with van der Waals surface area (Å²) in [5.74, 6) is 0.256. The van der Waals surface area contributed by atoms with Gasteiger partial charge in [0, 0.05) is 12.7 Å². The summed E-state index contributed by atoms with van der Waals surface area (Å²) in [6.07, 6.45) is 1.70. The molecule has 0 amide bonds. The second kappa shape index (κ2) is 7.28. The fourth-order valence-electron chi connectivity index (χ4n) is 1.85. The number of hydrogen-bond donors (Lipinski definition) is 1. The van der Waals surface area contributed by atoms with Gasteiger partial charge in [0.1, 0.15) is 0 Å². The zero-order chi connectivity index (χ0) is 15.1. The van der Waals surface area contributed by atoms with Crippen LogP contribution in [0.4, 0.5) is 5.69 Å². The zero-order valence-corrected chi connectivity index (χ0v) is 12.1. The summed E-state index contributed by atoms with van der Waals surface area (Å²) in [5, 5.41) is 3.27. The Kier molecular flexibility index (Phi) is 5.15. The highest BCUT2D eigenvalue weighted by Crippen LogP contribution is 2.21. The third-order valence-electron chi connectivity index (χ3n) is 2.91. The molecule has 0 aliphatic rings. The lowest BCUT2D eigenvalue weighted by molar-refractivity contribution is 0.0600. The molecule has 21 heavy (non-hydrogen) atoms. The Labute approximate surface area is 123 Å². The van der Waals surface area contributed by atoms with Gasteiger partial charge < -0.3 is 14.8 Å². The van der Waals surface area contributed by atoms with Crippen molar-refractivity contribution in [3.63, 3.8) is 0 Å². The lowest BCUT2D eigenvalue weighted by Gasteiger charge is -2.11. The van der Waals surface area contributed by atoms with Gasteiger partial charge in [0.2, 0.25) is 5.88 Å². The minimum Gasteiger partial charge on any atom is -0.476 e. The number of anilines is 1. The standard InChI is InChI=1S/C16H18N2O3/c1-3-21-15-14(5-4-10-17-15)18-11-12-6-8-13(9-7-12)16(19)20-2/h4-10,18H,3,11H2,1-2H3. The van der Waals surface area contributed by atoms with Crippen molar-refractivity contribution >= 4 is 11.7 Å². The van der Waals surface area contributed by atoms with Gasteiger partial charge in [-0.15, -0.1) is 0 Å². The quantitative estimate of drug-likeness (QED) is 0.827. The molecule has 0 saturated heterocycles. The number of carbonyl (C=O) groups excluding carboxylic acids is 1. The van der Waals surface area contributed by atoms with Crippen LogP contribution in [-0.4, -0.2) is 24.7 Å². The number of hydrogen-bond acceptors (Lipinski definition) is 5. The number of nitrogens with zero attached hydrogens (tertiary/aromatic N) is 1. The number of benzene rings is 1. The van der Waals surface area contributed by atoms with Crippen LogP contribution in [0.3, 0.4) is 0 Å². The van der Waals surface area contributed by atoms with Gasteiger partial charge in [0.15, 0.2) is 0 Å². The minimum absolute atomic E-state index is 0.333. The Morgan fingerprint density at radius 3 is 2.67 bits per heavy atom. The molecule has 0 aliphatic carbocycles. The molecule has 1 heterocycles. The molecular formula is C16H18N2O3. The van der Waals surface area contributed by atoms with E-state index in [1.807, 2.05) is 31.2 Å². The maximum atomic E-state index is 11.4. The maximum Gasteiger partial charge on any atom is 0.337 e. The van der Waals surface area contributed by atoms with E-state index in [0.29, 0.717) is 24.6 Å². The van der Waals surface area contributed by atoms with E-state index in [2.05, 4.69) is 15.0 Å². The number of esters is 1. The highest BCUT2D eigenvalue weighted by atomic mass is 16.5. The first-order chi connectivity index (χ1) is 10.2. The van der Waals surface area contributed by atoms with Gasteiger partial charge in [-0.05, 0) is 36.8 Å². The predicted octanol–water partition coefficient (Wildman–Crippen LogP) is 2.88. The van der Waals surface area contributed by atoms with Crippen molar-refractivity contribution in [3.05, 3.63) is 53.7 Å². The Balaban J connectivity index is 2.01. The van der Waals surface area contributed by atoms with Crippen LogP contribution in [0.15, 0.2) is 42.6 Å². The zero-order valence-electron chi connectivity index (χ0n) is 12.1. The van der Waals surface area contributed by atoms with Crippen LogP contribution in [0.25, 0.3) is 0 Å². The van der Waals surface area contributed by atoms with Crippen LogP contribution < -0.4 is 10.1 Å². The molecule has 0 saturated carbocycles. The van der Waals surface area contributed by atoms with Crippen molar-refractivity contribution in [2.24, 2.45) is 0 Å². The molecule has 1 N–H and O–H groups in total. The average Bonchev–Trinajstić information content (AvgIpc) is 2.54. The Hall–Kier alpha value is -2.56. The molecule has 0 aliphatic heterocycles. The van der Waals surface area contributed by atoms with Crippen molar-refractivity contribution in [2.75, 3.05) is 19.0 Å². The molecule has 1 aromatic carbocycles. The van der Waals surface area contributed by atoms with Crippen LogP contribution in [0.5, 0.6) is 5.88 Å². The summed E-state index contributed by atoms with van der Waals surface area (Å²) in [7, 11) is 1.37. The topological polar surface area (TPSA) is 60.5 Å². The smallest absolute Gasteiger partial charge is 0.337 e. The summed E-state index contributed by atoms with van der Waals surface area (Å²) in [6.45, 7) is 3.11. The minimum atomic E-state index is -0.333. The highest BCUT2D eigenvalue weighted by Gasteiger charge is 2.06. The molecule has 5 heteroatoms. The lowest BCUT2D eigenvalue weighted by atomic mass is 10.1. The predicted molar refractivity (Wildman–Crippen MR) is 80.5 cm³/mol. The lowest BCUT2D eigenvalue weighted by Crippen LogP contribution is -2.05. The summed E-state index contributed by atoms with van der Waals surface area (Å²) < 4.78 is 10.1. The second-order valence-electron chi connectivity index (χ2n) is 4.33. The van der Waals surface area contributed by atoms with Crippen LogP contribution in [0, 0.1) is 0 Å². The van der Waals surface area contributed by atoms with Gasteiger partial charge in [0.05, 0.1) is 25.0 Å². The SMILES string of the molecule is CCOc1ncccc1NCc1ccc(C(=O)OC)cc1. The fraction of sp³-hybridized carbons (Fsp3) is 0.250. The Bertz CT molecular complexity index is 597. The van der Waals surface area contributed by atoms with Gasteiger partial charge in [-0.3, -0.25) is 0 Å². The number of nitrogens with one attached hydrogen (secondary N) is 1. The number of carbonyl (C=O) groups is 1. The van der Waals surface area contributed by atoms with Crippen molar-refractivity contribution in [2.45, 2.75) is 13.5 Å². The van der Waals surface area contributed by atoms with Crippen LogP contribution >= 0.6 is 0 Å². The first-order valence-corrected chi connectivity index (χ1v) is 6.73. The molecule has 0 atom stereocenters. The maximum absolute atomic E-state index is 11.4. The van der Waals surface area contributed by atoms with Crippen LogP contribution in [0.2, 0.25) is 0 Å². The molecule has 0 spiro atoms. The molecule has 110 valence electrons. The number of methoxy groups -OCH3 is 1. The number of rotatable bonds is 6. The number of aromatic nitrogens is 1. The Morgan fingerprint density at radius 2 is 2.00 bits per heavy atom. The molecule has 1 aromatic heterocycles. The largest absolute Gasteiger partial charge is 0.476 e. The third kappa shape index (κ3) is 3.95.